The highest BCUT2D eigenvalue weighted by Gasteiger charge is 2.41. The molecule has 1 rings (SSSR count). The van der Waals surface area contributed by atoms with Crippen LogP contribution in [-0.4, -0.2) is 37.4 Å². The average Bonchev–Trinajstić information content (AvgIpc) is 2.42. The van der Waals surface area contributed by atoms with Crippen LogP contribution in [0.4, 0.5) is 4.79 Å². The van der Waals surface area contributed by atoms with Gasteiger partial charge in [0.15, 0.2) is 0 Å². The molecule has 1 fully saturated rings. The van der Waals surface area contributed by atoms with Crippen LogP contribution < -0.4 is 11.1 Å². The maximum absolute atomic E-state index is 12.0. The first-order valence-corrected chi connectivity index (χ1v) is 8.05. The molecule has 1 amide bonds. The smallest absolute Gasteiger partial charge is 0.407 e. The first-order valence-electron chi connectivity index (χ1n) is 8.05. The van der Waals surface area contributed by atoms with Gasteiger partial charge in [0, 0.05) is 12.1 Å². The lowest BCUT2D eigenvalue weighted by molar-refractivity contribution is -0.140. The SMILES string of the molecule is C=CC(=O)OCC(C)OC(=O)NC1CC(C)(C)CC(C)(CN)C1. The molecule has 132 valence electrons. The Morgan fingerprint density at radius 2 is 2.04 bits per heavy atom. The van der Waals surface area contributed by atoms with Gasteiger partial charge in [-0.2, -0.15) is 0 Å². The Morgan fingerprint density at radius 3 is 2.61 bits per heavy atom. The van der Waals surface area contributed by atoms with Crippen molar-refractivity contribution < 1.29 is 19.1 Å². The Bertz CT molecular complexity index is 450. The minimum Gasteiger partial charge on any atom is -0.459 e. The summed E-state index contributed by atoms with van der Waals surface area (Å²) in [7, 11) is 0. The van der Waals surface area contributed by atoms with Gasteiger partial charge in [-0.15, -0.1) is 0 Å². The summed E-state index contributed by atoms with van der Waals surface area (Å²) in [5, 5.41) is 2.92. The van der Waals surface area contributed by atoms with E-state index in [2.05, 4.69) is 32.7 Å². The van der Waals surface area contributed by atoms with Crippen molar-refractivity contribution >= 4 is 12.1 Å². The van der Waals surface area contributed by atoms with Crippen molar-refractivity contribution in [3.8, 4) is 0 Å². The minimum absolute atomic E-state index is 0.00888. The van der Waals surface area contributed by atoms with E-state index >= 15 is 0 Å². The number of amides is 1. The Labute approximate surface area is 138 Å². The largest absolute Gasteiger partial charge is 0.459 e. The van der Waals surface area contributed by atoms with Crippen molar-refractivity contribution in [2.24, 2.45) is 16.6 Å². The summed E-state index contributed by atoms with van der Waals surface area (Å²) in [5.74, 6) is -0.534. The zero-order valence-corrected chi connectivity index (χ0v) is 14.7. The zero-order valence-electron chi connectivity index (χ0n) is 14.7. The van der Waals surface area contributed by atoms with E-state index in [-0.39, 0.29) is 23.5 Å². The molecule has 1 aliphatic rings. The molecule has 0 radical (unpaired) electrons. The molecule has 6 nitrogen and oxygen atoms in total. The fourth-order valence-corrected chi connectivity index (χ4v) is 3.57. The van der Waals surface area contributed by atoms with Crippen LogP contribution in [0.1, 0.15) is 47.0 Å². The monoisotopic (exact) mass is 326 g/mol. The lowest BCUT2D eigenvalue weighted by atomic mass is 9.63. The Morgan fingerprint density at radius 1 is 1.39 bits per heavy atom. The molecule has 3 atom stereocenters. The molecule has 6 heteroatoms. The summed E-state index contributed by atoms with van der Waals surface area (Å²) in [6.07, 6.45) is 2.83. The fraction of sp³-hybridized carbons (Fsp3) is 0.765. The molecule has 0 aromatic rings. The lowest BCUT2D eigenvalue weighted by Crippen LogP contribution is -2.49. The molecule has 0 aromatic heterocycles. The molecule has 0 heterocycles. The molecule has 0 spiro atoms. The number of esters is 1. The van der Waals surface area contributed by atoms with Crippen LogP contribution in [-0.2, 0) is 14.3 Å². The van der Waals surface area contributed by atoms with E-state index < -0.39 is 18.2 Å². The molecule has 1 aliphatic carbocycles. The lowest BCUT2D eigenvalue weighted by Gasteiger charge is -2.46. The van der Waals surface area contributed by atoms with E-state index in [4.69, 9.17) is 15.2 Å². The second-order valence-electron chi connectivity index (χ2n) is 7.66. The first-order chi connectivity index (χ1) is 10.6. The number of carbonyl (C=O) groups excluding carboxylic acids is 2. The molecule has 23 heavy (non-hydrogen) atoms. The molecule has 0 saturated heterocycles. The maximum atomic E-state index is 12.0. The van der Waals surface area contributed by atoms with Gasteiger partial charge in [0.05, 0.1) is 0 Å². The second kappa shape index (κ2) is 7.81. The number of carbonyl (C=O) groups is 2. The third-order valence-electron chi connectivity index (χ3n) is 4.19. The molecule has 0 bridgehead atoms. The van der Waals surface area contributed by atoms with Crippen molar-refractivity contribution in [2.75, 3.05) is 13.2 Å². The van der Waals surface area contributed by atoms with Crippen molar-refractivity contribution in [1.29, 1.82) is 0 Å². The number of ether oxygens (including phenoxy) is 2. The molecule has 0 aliphatic heterocycles. The minimum atomic E-state index is -0.534. The van der Waals surface area contributed by atoms with Gasteiger partial charge in [-0.05, 0) is 43.6 Å². The molecule has 1 saturated carbocycles. The number of nitrogens with one attached hydrogen (secondary N) is 1. The van der Waals surface area contributed by atoms with Gasteiger partial charge in [-0.3, -0.25) is 0 Å². The van der Waals surface area contributed by atoms with Crippen LogP contribution in [0.25, 0.3) is 0 Å². The fourth-order valence-electron chi connectivity index (χ4n) is 3.57. The van der Waals surface area contributed by atoms with Crippen LogP contribution in [0.2, 0.25) is 0 Å². The number of hydrogen-bond donors (Lipinski definition) is 2. The van der Waals surface area contributed by atoms with Crippen molar-refractivity contribution in [1.82, 2.24) is 5.32 Å². The van der Waals surface area contributed by atoms with E-state index in [9.17, 15) is 9.59 Å². The quantitative estimate of drug-likeness (QED) is 0.577. The number of alkyl carbamates (subject to hydrolysis) is 1. The predicted molar refractivity (Wildman–Crippen MR) is 88.8 cm³/mol. The van der Waals surface area contributed by atoms with E-state index in [0.29, 0.717) is 6.54 Å². The highest BCUT2D eigenvalue weighted by Crippen LogP contribution is 2.45. The van der Waals surface area contributed by atoms with E-state index in [1.807, 2.05) is 0 Å². The van der Waals surface area contributed by atoms with Gasteiger partial charge < -0.3 is 20.5 Å². The number of rotatable bonds is 6. The van der Waals surface area contributed by atoms with E-state index in [0.717, 1.165) is 25.3 Å². The summed E-state index contributed by atoms with van der Waals surface area (Å²) in [4.78, 5) is 23.0. The van der Waals surface area contributed by atoms with E-state index in [1.54, 1.807) is 6.92 Å². The van der Waals surface area contributed by atoms with Crippen LogP contribution in [0.3, 0.4) is 0 Å². The number of nitrogens with two attached hydrogens (primary N) is 1. The number of hydrogen-bond acceptors (Lipinski definition) is 5. The standard InChI is InChI=1S/C17H30N2O4/c1-6-14(20)22-9-12(2)23-15(21)19-13-7-16(3,4)10-17(5,8-13)11-18/h6,12-13H,1,7-11,18H2,2-5H3,(H,19,21). The van der Waals surface area contributed by atoms with Gasteiger partial charge in [-0.1, -0.05) is 27.4 Å². The second-order valence-corrected chi connectivity index (χ2v) is 7.66. The summed E-state index contributed by atoms with van der Waals surface area (Å²) < 4.78 is 10.1. The summed E-state index contributed by atoms with van der Waals surface area (Å²) in [6.45, 7) is 12.1. The Hall–Kier alpha value is -1.56. The third kappa shape index (κ3) is 6.60. The molecule has 3 unspecified atom stereocenters. The van der Waals surface area contributed by atoms with Gasteiger partial charge in [-0.25, -0.2) is 9.59 Å². The highest BCUT2D eigenvalue weighted by atomic mass is 16.6. The van der Waals surface area contributed by atoms with Gasteiger partial charge >= 0.3 is 12.1 Å². The van der Waals surface area contributed by atoms with Crippen LogP contribution in [0, 0.1) is 10.8 Å². The topological polar surface area (TPSA) is 90.6 Å². The predicted octanol–water partition coefficient (Wildman–Crippen LogP) is 2.37. The third-order valence-corrected chi connectivity index (χ3v) is 4.19. The van der Waals surface area contributed by atoms with Crippen LogP contribution in [0.15, 0.2) is 12.7 Å². The Balaban J connectivity index is 2.49. The van der Waals surface area contributed by atoms with Crippen molar-refractivity contribution in [2.45, 2.75) is 59.1 Å². The van der Waals surface area contributed by atoms with Gasteiger partial charge in [0.2, 0.25) is 0 Å². The van der Waals surface area contributed by atoms with Gasteiger partial charge in [0.25, 0.3) is 0 Å². The van der Waals surface area contributed by atoms with E-state index in [1.165, 1.54) is 0 Å². The summed E-state index contributed by atoms with van der Waals surface area (Å²) in [6, 6.07) is 0.0303. The highest BCUT2D eigenvalue weighted by molar-refractivity contribution is 5.81. The summed E-state index contributed by atoms with van der Waals surface area (Å²) in [5.41, 5.74) is 6.05. The maximum Gasteiger partial charge on any atom is 0.407 e. The zero-order chi connectivity index (χ0) is 17.7. The average molecular weight is 326 g/mol. The van der Waals surface area contributed by atoms with Crippen LogP contribution >= 0.6 is 0 Å². The Kier molecular flexibility index (Phi) is 6.62. The molecule has 0 aromatic carbocycles. The van der Waals surface area contributed by atoms with Gasteiger partial charge in [0.1, 0.15) is 12.7 Å². The van der Waals surface area contributed by atoms with Crippen molar-refractivity contribution in [3.63, 3.8) is 0 Å². The normalized spacial score (nSPS) is 27.6. The van der Waals surface area contributed by atoms with Crippen molar-refractivity contribution in [3.05, 3.63) is 12.7 Å². The molecular formula is C17H30N2O4. The summed E-state index contributed by atoms with van der Waals surface area (Å²) >= 11 is 0. The van der Waals surface area contributed by atoms with Crippen LogP contribution in [0.5, 0.6) is 0 Å². The molecule has 3 N–H and O–H groups in total. The molecular weight excluding hydrogens is 296 g/mol. The first kappa shape index (κ1) is 19.5.